The SMILES string of the molecule is CCOC(=O)C(NC(=O)c1ccc(C2CCCC(N[C@H](C)c3cccc4ccccc34)C2)cc1)C(=O)OCC. The number of fused-ring (bicyclic) bond motifs is 1. The van der Waals surface area contributed by atoms with Crippen LogP contribution in [0.4, 0.5) is 0 Å². The predicted molar refractivity (Wildman–Crippen MR) is 151 cm³/mol. The average Bonchev–Trinajstić information content (AvgIpc) is 2.96. The fourth-order valence-corrected chi connectivity index (χ4v) is 5.50. The van der Waals surface area contributed by atoms with E-state index in [1.54, 1.807) is 26.0 Å². The van der Waals surface area contributed by atoms with Crippen molar-refractivity contribution >= 4 is 28.6 Å². The Kier molecular flexibility index (Phi) is 9.71. The molecule has 3 atom stereocenters. The molecule has 2 N–H and O–H groups in total. The van der Waals surface area contributed by atoms with Gasteiger partial charge in [0.2, 0.25) is 6.04 Å². The molecule has 0 heterocycles. The van der Waals surface area contributed by atoms with Crippen LogP contribution in [0.15, 0.2) is 66.7 Å². The number of ether oxygens (including phenoxy) is 2. The smallest absolute Gasteiger partial charge is 0.340 e. The van der Waals surface area contributed by atoms with Gasteiger partial charge in [-0.1, -0.05) is 61.0 Å². The van der Waals surface area contributed by atoms with E-state index in [9.17, 15) is 14.4 Å². The summed E-state index contributed by atoms with van der Waals surface area (Å²) < 4.78 is 9.87. The van der Waals surface area contributed by atoms with Gasteiger partial charge in [-0.25, -0.2) is 9.59 Å². The Morgan fingerprint density at radius 1 is 0.872 bits per heavy atom. The van der Waals surface area contributed by atoms with Crippen LogP contribution in [0.5, 0.6) is 0 Å². The van der Waals surface area contributed by atoms with Crippen LogP contribution in [0, 0.1) is 0 Å². The predicted octanol–water partition coefficient (Wildman–Crippen LogP) is 5.44. The average molecular weight is 531 g/mol. The van der Waals surface area contributed by atoms with E-state index in [-0.39, 0.29) is 19.3 Å². The minimum atomic E-state index is -1.49. The molecule has 1 fully saturated rings. The summed E-state index contributed by atoms with van der Waals surface area (Å²) in [6.07, 6.45) is 4.39. The van der Waals surface area contributed by atoms with Crippen LogP contribution in [0.3, 0.4) is 0 Å². The summed E-state index contributed by atoms with van der Waals surface area (Å²) in [4.78, 5) is 37.2. The third-order valence-corrected chi connectivity index (χ3v) is 7.41. The molecular weight excluding hydrogens is 492 g/mol. The number of carbonyl (C=O) groups is 3. The van der Waals surface area contributed by atoms with E-state index in [4.69, 9.17) is 9.47 Å². The van der Waals surface area contributed by atoms with Gasteiger partial charge in [-0.15, -0.1) is 0 Å². The molecule has 1 aliphatic rings. The van der Waals surface area contributed by atoms with Crippen molar-refractivity contribution in [2.75, 3.05) is 13.2 Å². The molecule has 3 aromatic carbocycles. The quantitative estimate of drug-likeness (QED) is 0.268. The highest BCUT2D eigenvalue weighted by Crippen LogP contribution is 2.34. The van der Waals surface area contributed by atoms with Crippen LogP contribution in [0.2, 0.25) is 0 Å². The molecule has 0 aromatic heterocycles. The first kappa shape index (κ1) is 28.3. The van der Waals surface area contributed by atoms with E-state index in [0.29, 0.717) is 17.5 Å². The number of rotatable bonds is 10. The number of hydrogen-bond donors (Lipinski definition) is 2. The van der Waals surface area contributed by atoms with E-state index in [0.717, 1.165) is 25.7 Å². The highest BCUT2D eigenvalue weighted by molar-refractivity contribution is 6.05. The zero-order valence-corrected chi connectivity index (χ0v) is 22.9. The standard InChI is InChI=1S/C32H38N2O5/c1-4-38-31(36)29(32(37)39-5-2)34-30(35)24-18-16-22(17-19-24)25-12-8-13-26(20-25)33-21(3)27-15-9-11-23-10-6-7-14-28(23)27/h6-7,9-11,14-19,21,25-26,29,33H,4-5,8,12-13,20H2,1-3H3,(H,34,35)/t21-,25?,26?/m1/s1. The fraction of sp³-hybridized carbons (Fsp3) is 0.406. The topological polar surface area (TPSA) is 93.7 Å². The number of esters is 2. The maximum atomic E-state index is 12.8. The monoisotopic (exact) mass is 530 g/mol. The largest absolute Gasteiger partial charge is 0.464 e. The lowest BCUT2D eigenvalue weighted by Gasteiger charge is -2.32. The molecular formula is C32H38N2O5. The van der Waals surface area contributed by atoms with Crippen molar-refractivity contribution in [1.82, 2.24) is 10.6 Å². The number of carbonyl (C=O) groups excluding carboxylic acids is 3. The first-order chi connectivity index (χ1) is 18.9. The number of hydrogen-bond acceptors (Lipinski definition) is 6. The Morgan fingerprint density at radius 2 is 1.54 bits per heavy atom. The first-order valence-corrected chi connectivity index (χ1v) is 13.9. The molecule has 0 spiro atoms. The van der Waals surface area contributed by atoms with E-state index in [1.807, 2.05) is 12.1 Å². The lowest BCUT2D eigenvalue weighted by atomic mass is 9.80. The highest BCUT2D eigenvalue weighted by atomic mass is 16.6. The fourth-order valence-electron chi connectivity index (χ4n) is 5.50. The summed E-state index contributed by atoms with van der Waals surface area (Å²) in [5.41, 5.74) is 2.87. The van der Waals surface area contributed by atoms with E-state index in [2.05, 4.69) is 60.0 Å². The van der Waals surface area contributed by atoms with Crippen molar-refractivity contribution in [1.29, 1.82) is 0 Å². The van der Waals surface area contributed by atoms with Crippen LogP contribution in [0.25, 0.3) is 10.8 Å². The molecule has 0 aliphatic heterocycles. The maximum Gasteiger partial charge on any atom is 0.340 e. The Morgan fingerprint density at radius 3 is 2.23 bits per heavy atom. The Hall–Kier alpha value is -3.71. The van der Waals surface area contributed by atoms with Gasteiger partial charge in [0.25, 0.3) is 5.91 Å². The molecule has 7 nitrogen and oxygen atoms in total. The molecule has 1 aliphatic carbocycles. The molecule has 4 rings (SSSR count). The minimum absolute atomic E-state index is 0.0945. The van der Waals surface area contributed by atoms with E-state index < -0.39 is 23.9 Å². The molecule has 0 saturated heterocycles. The van der Waals surface area contributed by atoms with E-state index in [1.165, 1.54) is 21.9 Å². The van der Waals surface area contributed by atoms with E-state index >= 15 is 0 Å². The summed E-state index contributed by atoms with van der Waals surface area (Å²) in [5.74, 6) is -1.81. The van der Waals surface area contributed by atoms with Gasteiger partial charge in [0.15, 0.2) is 0 Å². The summed E-state index contributed by atoms with van der Waals surface area (Å²) >= 11 is 0. The Labute approximate surface area is 230 Å². The van der Waals surface area contributed by atoms with Crippen LogP contribution in [0.1, 0.15) is 79.9 Å². The van der Waals surface area contributed by atoms with Gasteiger partial charge in [-0.05, 0) is 80.0 Å². The molecule has 1 amide bonds. The third-order valence-electron chi connectivity index (χ3n) is 7.41. The summed E-state index contributed by atoms with van der Waals surface area (Å²) in [5, 5.41) is 8.87. The summed E-state index contributed by atoms with van der Waals surface area (Å²) in [6.45, 7) is 5.69. The van der Waals surface area contributed by atoms with Crippen molar-refractivity contribution in [3.05, 3.63) is 83.4 Å². The second-order valence-electron chi connectivity index (χ2n) is 10.0. The van der Waals surface area contributed by atoms with Gasteiger partial charge in [0, 0.05) is 17.6 Å². The van der Waals surface area contributed by atoms with Crippen LogP contribution < -0.4 is 10.6 Å². The van der Waals surface area contributed by atoms with Crippen LogP contribution >= 0.6 is 0 Å². The van der Waals surface area contributed by atoms with Gasteiger partial charge in [-0.2, -0.15) is 0 Å². The molecule has 39 heavy (non-hydrogen) atoms. The first-order valence-electron chi connectivity index (χ1n) is 13.9. The summed E-state index contributed by atoms with van der Waals surface area (Å²) in [6, 6.07) is 21.6. The third kappa shape index (κ3) is 7.03. The molecule has 3 aromatic rings. The molecule has 0 radical (unpaired) electrons. The Bertz CT molecular complexity index is 1270. The Balaban J connectivity index is 1.39. The lowest BCUT2D eigenvalue weighted by molar-refractivity contribution is -0.157. The van der Waals surface area contributed by atoms with Crippen LogP contribution in [-0.4, -0.2) is 43.1 Å². The molecule has 1 saturated carbocycles. The maximum absolute atomic E-state index is 12.8. The number of nitrogens with one attached hydrogen (secondary N) is 2. The van der Waals surface area contributed by atoms with Crippen molar-refractivity contribution < 1.29 is 23.9 Å². The lowest BCUT2D eigenvalue weighted by Crippen LogP contribution is -2.48. The molecule has 206 valence electrons. The van der Waals surface area contributed by atoms with Gasteiger partial charge in [-0.3, -0.25) is 4.79 Å². The molecule has 0 bridgehead atoms. The van der Waals surface area contributed by atoms with Gasteiger partial charge in [0.05, 0.1) is 13.2 Å². The number of amides is 1. The normalized spacial score (nSPS) is 17.9. The second-order valence-corrected chi connectivity index (χ2v) is 10.0. The number of benzene rings is 3. The summed E-state index contributed by atoms with van der Waals surface area (Å²) in [7, 11) is 0. The second kappa shape index (κ2) is 13.4. The highest BCUT2D eigenvalue weighted by Gasteiger charge is 2.32. The van der Waals surface area contributed by atoms with Gasteiger partial charge in [0.1, 0.15) is 0 Å². The van der Waals surface area contributed by atoms with Crippen molar-refractivity contribution in [2.45, 2.75) is 70.5 Å². The van der Waals surface area contributed by atoms with Gasteiger partial charge < -0.3 is 20.1 Å². The van der Waals surface area contributed by atoms with Crippen molar-refractivity contribution in [2.24, 2.45) is 0 Å². The van der Waals surface area contributed by atoms with Crippen LogP contribution in [-0.2, 0) is 19.1 Å². The van der Waals surface area contributed by atoms with Crippen molar-refractivity contribution in [3.8, 4) is 0 Å². The minimum Gasteiger partial charge on any atom is -0.464 e. The zero-order chi connectivity index (χ0) is 27.8. The van der Waals surface area contributed by atoms with Crippen molar-refractivity contribution in [3.63, 3.8) is 0 Å². The molecule has 2 unspecified atom stereocenters. The van der Waals surface area contributed by atoms with Gasteiger partial charge >= 0.3 is 11.9 Å². The zero-order valence-electron chi connectivity index (χ0n) is 22.9. The molecule has 7 heteroatoms.